The third-order valence-corrected chi connectivity index (χ3v) is 4.03. The van der Waals surface area contributed by atoms with E-state index in [1.54, 1.807) is 0 Å². The van der Waals surface area contributed by atoms with Crippen molar-refractivity contribution in [1.29, 1.82) is 0 Å². The molecule has 2 rings (SSSR count). The minimum atomic E-state index is 0. The topological polar surface area (TPSA) is 64.7 Å². The Hall–Kier alpha value is -0.560. The van der Waals surface area contributed by atoms with Crippen molar-refractivity contribution in [2.45, 2.75) is 32.2 Å². The number of likely N-dealkylation sites (N-methyl/N-ethyl adjacent to an activating group) is 1. The second kappa shape index (κ2) is 11.0. The molecule has 0 aromatic heterocycles. The lowest BCUT2D eigenvalue weighted by atomic mass is 10.0. The number of rotatable bonds is 4. The molecule has 8 heteroatoms. The van der Waals surface area contributed by atoms with Gasteiger partial charge in [-0.2, -0.15) is 0 Å². The normalized spacial score (nSPS) is 22.2. The summed E-state index contributed by atoms with van der Waals surface area (Å²) in [5.41, 5.74) is 0. The lowest BCUT2D eigenvalue weighted by molar-refractivity contribution is -0.136. The molecule has 0 bridgehead atoms. The molecule has 2 fully saturated rings. The zero-order valence-corrected chi connectivity index (χ0v) is 14.8. The van der Waals surface area contributed by atoms with Gasteiger partial charge in [-0.1, -0.05) is 6.42 Å². The molecule has 0 aromatic carbocycles. The second-order valence-corrected chi connectivity index (χ2v) is 5.56. The van der Waals surface area contributed by atoms with Gasteiger partial charge in [-0.3, -0.25) is 14.5 Å². The van der Waals surface area contributed by atoms with Crippen LogP contribution in [-0.4, -0.2) is 73.5 Å². The standard InChI is InChI=1S/C14H26N4O2.2ClH/c1-2-15-13(19)11-17-7-9-18(10-8-17)14(20)12-5-3-4-6-16-12;;/h12,16H,2-11H2,1H3,(H,15,19);2*1H. The third kappa shape index (κ3) is 6.28. The van der Waals surface area contributed by atoms with Crippen LogP contribution in [0, 0.1) is 0 Å². The number of hydrogen-bond acceptors (Lipinski definition) is 4. The van der Waals surface area contributed by atoms with Gasteiger partial charge in [-0.25, -0.2) is 0 Å². The first-order valence-electron chi connectivity index (χ1n) is 7.72. The Balaban J connectivity index is 0.00000220. The molecule has 2 amide bonds. The quantitative estimate of drug-likeness (QED) is 0.759. The fourth-order valence-corrected chi connectivity index (χ4v) is 2.87. The molecule has 2 aliphatic rings. The van der Waals surface area contributed by atoms with E-state index in [1.165, 1.54) is 6.42 Å². The molecule has 2 N–H and O–H groups in total. The van der Waals surface area contributed by atoms with Crippen LogP contribution in [-0.2, 0) is 9.59 Å². The van der Waals surface area contributed by atoms with Crippen LogP contribution in [0.4, 0.5) is 0 Å². The zero-order chi connectivity index (χ0) is 14.4. The fourth-order valence-electron chi connectivity index (χ4n) is 2.87. The number of carbonyl (C=O) groups is 2. The Bertz CT molecular complexity index is 344. The maximum Gasteiger partial charge on any atom is 0.239 e. The highest BCUT2D eigenvalue weighted by molar-refractivity contribution is 5.85. The summed E-state index contributed by atoms with van der Waals surface area (Å²) in [5.74, 6) is 0.309. The summed E-state index contributed by atoms with van der Waals surface area (Å²) in [7, 11) is 0. The van der Waals surface area contributed by atoms with Gasteiger partial charge in [0, 0.05) is 32.7 Å². The van der Waals surface area contributed by atoms with Crippen molar-refractivity contribution in [2.75, 3.05) is 45.8 Å². The van der Waals surface area contributed by atoms with Crippen LogP contribution in [0.15, 0.2) is 0 Å². The van der Waals surface area contributed by atoms with E-state index in [1.807, 2.05) is 11.8 Å². The molecule has 1 unspecified atom stereocenters. The summed E-state index contributed by atoms with van der Waals surface area (Å²) in [4.78, 5) is 27.9. The maximum absolute atomic E-state index is 12.4. The Morgan fingerprint density at radius 3 is 2.36 bits per heavy atom. The summed E-state index contributed by atoms with van der Waals surface area (Å²) in [6, 6.07) is 0.0127. The van der Waals surface area contributed by atoms with Crippen molar-refractivity contribution in [3.8, 4) is 0 Å². The Kier molecular flexibility index (Phi) is 10.8. The van der Waals surface area contributed by atoms with Crippen molar-refractivity contribution in [3.05, 3.63) is 0 Å². The zero-order valence-electron chi connectivity index (χ0n) is 13.2. The number of amides is 2. The third-order valence-electron chi connectivity index (χ3n) is 4.03. The fraction of sp³-hybridized carbons (Fsp3) is 0.857. The molecule has 0 aromatic rings. The molecule has 22 heavy (non-hydrogen) atoms. The molecule has 1 atom stereocenters. The number of nitrogens with one attached hydrogen (secondary N) is 2. The SMILES string of the molecule is CCNC(=O)CN1CCN(C(=O)C2CCCCN2)CC1.Cl.Cl. The van der Waals surface area contributed by atoms with Crippen LogP contribution in [0.5, 0.6) is 0 Å². The summed E-state index contributed by atoms with van der Waals surface area (Å²) in [5, 5.41) is 6.11. The van der Waals surface area contributed by atoms with Crippen LogP contribution in [0.1, 0.15) is 26.2 Å². The Morgan fingerprint density at radius 2 is 1.82 bits per heavy atom. The van der Waals surface area contributed by atoms with Gasteiger partial charge in [-0.15, -0.1) is 24.8 Å². The van der Waals surface area contributed by atoms with E-state index in [4.69, 9.17) is 0 Å². The monoisotopic (exact) mass is 354 g/mol. The van der Waals surface area contributed by atoms with Crippen LogP contribution < -0.4 is 10.6 Å². The average Bonchev–Trinajstić information content (AvgIpc) is 2.48. The predicted molar refractivity (Wildman–Crippen MR) is 91.8 cm³/mol. The summed E-state index contributed by atoms with van der Waals surface area (Å²) in [6.45, 7) is 7.03. The lowest BCUT2D eigenvalue weighted by Crippen LogP contribution is -2.56. The van der Waals surface area contributed by atoms with Gasteiger partial charge in [0.1, 0.15) is 0 Å². The highest BCUT2D eigenvalue weighted by atomic mass is 35.5. The lowest BCUT2D eigenvalue weighted by Gasteiger charge is -2.37. The molecular formula is C14H28Cl2N4O2. The van der Waals surface area contributed by atoms with E-state index in [9.17, 15) is 9.59 Å². The summed E-state index contributed by atoms with van der Waals surface area (Å²) in [6.07, 6.45) is 3.27. The average molecular weight is 355 g/mol. The number of hydrogen-bond donors (Lipinski definition) is 2. The Labute approximate surface area is 145 Å². The largest absolute Gasteiger partial charge is 0.355 e. The number of piperidine rings is 1. The second-order valence-electron chi connectivity index (χ2n) is 5.56. The number of nitrogens with zero attached hydrogens (tertiary/aromatic N) is 2. The highest BCUT2D eigenvalue weighted by Crippen LogP contribution is 2.11. The molecule has 2 heterocycles. The molecule has 0 aliphatic carbocycles. The van der Waals surface area contributed by atoms with Gasteiger partial charge >= 0.3 is 0 Å². The maximum atomic E-state index is 12.4. The van der Waals surface area contributed by atoms with Crippen molar-refractivity contribution in [3.63, 3.8) is 0 Å². The summed E-state index contributed by atoms with van der Waals surface area (Å²) >= 11 is 0. The van der Waals surface area contributed by atoms with E-state index in [-0.39, 0.29) is 42.7 Å². The molecule has 0 spiro atoms. The summed E-state index contributed by atoms with van der Waals surface area (Å²) < 4.78 is 0. The van der Waals surface area contributed by atoms with Crippen LogP contribution in [0.2, 0.25) is 0 Å². The van der Waals surface area contributed by atoms with Crippen molar-refractivity contribution in [1.82, 2.24) is 20.4 Å². The predicted octanol–water partition coefficient (Wildman–Crippen LogP) is 0.252. The van der Waals surface area contributed by atoms with E-state index >= 15 is 0 Å². The molecule has 6 nitrogen and oxygen atoms in total. The first kappa shape index (κ1) is 21.4. The van der Waals surface area contributed by atoms with Crippen LogP contribution in [0.3, 0.4) is 0 Å². The van der Waals surface area contributed by atoms with Gasteiger partial charge in [0.15, 0.2) is 0 Å². The van der Waals surface area contributed by atoms with Gasteiger partial charge in [-0.05, 0) is 26.3 Å². The van der Waals surface area contributed by atoms with Crippen molar-refractivity contribution in [2.24, 2.45) is 0 Å². The number of halogens is 2. The molecule has 130 valence electrons. The molecule has 0 saturated carbocycles. The van der Waals surface area contributed by atoms with E-state index in [0.29, 0.717) is 13.1 Å². The molecular weight excluding hydrogens is 327 g/mol. The van der Waals surface area contributed by atoms with Gasteiger partial charge < -0.3 is 15.5 Å². The van der Waals surface area contributed by atoms with Gasteiger partial charge in [0.2, 0.25) is 11.8 Å². The first-order valence-corrected chi connectivity index (χ1v) is 7.72. The molecule has 2 aliphatic heterocycles. The number of carbonyl (C=O) groups excluding carboxylic acids is 2. The smallest absolute Gasteiger partial charge is 0.239 e. The Morgan fingerprint density at radius 1 is 1.14 bits per heavy atom. The molecule has 2 saturated heterocycles. The van der Waals surface area contributed by atoms with E-state index < -0.39 is 0 Å². The van der Waals surface area contributed by atoms with Gasteiger partial charge in [0.25, 0.3) is 0 Å². The minimum Gasteiger partial charge on any atom is -0.355 e. The van der Waals surface area contributed by atoms with Crippen molar-refractivity contribution >= 4 is 36.6 Å². The van der Waals surface area contributed by atoms with Gasteiger partial charge in [0.05, 0.1) is 12.6 Å². The van der Waals surface area contributed by atoms with Crippen LogP contribution in [0.25, 0.3) is 0 Å². The van der Waals surface area contributed by atoms with Crippen LogP contribution >= 0.6 is 24.8 Å². The van der Waals surface area contributed by atoms with E-state index in [2.05, 4.69) is 15.5 Å². The first-order chi connectivity index (χ1) is 9.70. The molecule has 0 radical (unpaired) electrons. The van der Waals surface area contributed by atoms with Crippen molar-refractivity contribution < 1.29 is 9.59 Å². The highest BCUT2D eigenvalue weighted by Gasteiger charge is 2.28. The minimum absolute atomic E-state index is 0. The number of piperazine rings is 1. The van der Waals surface area contributed by atoms with E-state index in [0.717, 1.165) is 45.6 Å².